The first kappa shape index (κ1) is 18.7. The van der Waals surface area contributed by atoms with Crippen LogP contribution in [0.2, 0.25) is 0 Å². The molecule has 5 nitrogen and oxygen atoms in total. The fraction of sp³-hybridized carbons (Fsp3) is 0.143. The fourth-order valence-corrected chi connectivity index (χ4v) is 2.66. The molecule has 0 aliphatic rings. The van der Waals surface area contributed by atoms with Gasteiger partial charge in [0.1, 0.15) is 11.5 Å². The summed E-state index contributed by atoms with van der Waals surface area (Å²) in [6, 6.07) is 20.8. The van der Waals surface area contributed by atoms with Crippen molar-refractivity contribution < 1.29 is 13.9 Å². The van der Waals surface area contributed by atoms with E-state index in [0.29, 0.717) is 24.5 Å². The van der Waals surface area contributed by atoms with Crippen LogP contribution in [-0.4, -0.2) is 17.6 Å². The van der Waals surface area contributed by atoms with E-state index in [1.54, 1.807) is 30.5 Å². The molecule has 3 rings (SSSR count). The molecule has 2 N–H and O–H groups in total. The predicted octanol–water partition coefficient (Wildman–Crippen LogP) is 3.71. The third kappa shape index (κ3) is 5.69. The zero-order valence-electron chi connectivity index (χ0n) is 14.7. The quantitative estimate of drug-likeness (QED) is 0.612. The Morgan fingerprint density at radius 1 is 1.00 bits per heavy atom. The van der Waals surface area contributed by atoms with Crippen LogP contribution in [0.1, 0.15) is 21.7 Å². The molecule has 0 unspecified atom stereocenters. The average molecular weight is 380 g/mol. The predicted molar refractivity (Wildman–Crippen MR) is 108 cm³/mol. The number of ether oxygens (including phenoxy) is 1. The monoisotopic (exact) mass is 380 g/mol. The number of benzene rings is 2. The van der Waals surface area contributed by atoms with Gasteiger partial charge in [-0.25, -0.2) is 0 Å². The van der Waals surface area contributed by atoms with Crippen molar-refractivity contribution in [1.82, 2.24) is 10.6 Å². The Bertz CT molecular complexity index is 879. The molecule has 1 aromatic heterocycles. The molecule has 1 heterocycles. The molecule has 0 aliphatic carbocycles. The molecular formula is C21H20N2O3S. The Morgan fingerprint density at radius 3 is 2.56 bits per heavy atom. The topological polar surface area (TPSA) is 63.5 Å². The largest absolute Gasteiger partial charge is 0.492 e. The van der Waals surface area contributed by atoms with Crippen molar-refractivity contribution in [1.29, 1.82) is 0 Å². The number of thiocarbonyl (C=S) groups is 1. The van der Waals surface area contributed by atoms with Gasteiger partial charge in [0.25, 0.3) is 5.91 Å². The second-order valence-corrected chi connectivity index (χ2v) is 6.20. The highest BCUT2D eigenvalue weighted by atomic mass is 32.1. The summed E-state index contributed by atoms with van der Waals surface area (Å²) in [4.78, 5) is 12.5. The van der Waals surface area contributed by atoms with E-state index in [4.69, 9.17) is 21.4 Å². The second-order valence-electron chi connectivity index (χ2n) is 5.80. The van der Waals surface area contributed by atoms with E-state index in [9.17, 15) is 4.79 Å². The van der Waals surface area contributed by atoms with E-state index in [1.807, 2.05) is 42.5 Å². The Hall–Kier alpha value is -3.12. The first-order valence-corrected chi connectivity index (χ1v) is 9.00. The van der Waals surface area contributed by atoms with E-state index < -0.39 is 0 Å². The van der Waals surface area contributed by atoms with E-state index in [2.05, 4.69) is 10.6 Å². The van der Waals surface area contributed by atoms with Crippen LogP contribution in [0.25, 0.3) is 0 Å². The normalized spacial score (nSPS) is 10.2. The highest BCUT2D eigenvalue weighted by Gasteiger charge is 2.13. The molecule has 27 heavy (non-hydrogen) atoms. The van der Waals surface area contributed by atoms with Crippen molar-refractivity contribution in [2.24, 2.45) is 0 Å². The number of hydrogen-bond donors (Lipinski definition) is 2. The van der Waals surface area contributed by atoms with Crippen LogP contribution in [0, 0.1) is 0 Å². The molecule has 0 aliphatic heterocycles. The van der Waals surface area contributed by atoms with E-state index in [0.717, 1.165) is 12.2 Å². The molecule has 6 heteroatoms. The molecule has 0 atom stereocenters. The number of rotatable bonds is 7. The first-order chi connectivity index (χ1) is 13.2. The van der Waals surface area contributed by atoms with Gasteiger partial charge in [0.2, 0.25) is 0 Å². The summed E-state index contributed by atoms with van der Waals surface area (Å²) >= 11 is 5.17. The zero-order valence-corrected chi connectivity index (χ0v) is 15.5. The maximum atomic E-state index is 12.5. The van der Waals surface area contributed by atoms with Crippen LogP contribution in [0.15, 0.2) is 77.4 Å². The minimum atomic E-state index is -0.317. The van der Waals surface area contributed by atoms with E-state index >= 15 is 0 Å². The minimum Gasteiger partial charge on any atom is -0.492 e. The highest BCUT2D eigenvalue weighted by Crippen LogP contribution is 2.18. The summed E-state index contributed by atoms with van der Waals surface area (Å²) in [5.74, 6) is 0.943. The third-order valence-electron chi connectivity index (χ3n) is 3.85. The van der Waals surface area contributed by atoms with Gasteiger partial charge in [-0.2, -0.15) is 0 Å². The van der Waals surface area contributed by atoms with Crippen molar-refractivity contribution in [3.05, 3.63) is 89.9 Å². The lowest BCUT2D eigenvalue weighted by Gasteiger charge is -2.13. The maximum absolute atomic E-state index is 12.5. The molecule has 0 fully saturated rings. The Morgan fingerprint density at radius 2 is 1.78 bits per heavy atom. The average Bonchev–Trinajstić information content (AvgIpc) is 3.21. The van der Waals surface area contributed by atoms with Gasteiger partial charge in [-0.3, -0.25) is 10.1 Å². The van der Waals surface area contributed by atoms with Gasteiger partial charge in [-0.1, -0.05) is 42.5 Å². The molecule has 0 bridgehead atoms. The molecular weight excluding hydrogens is 360 g/mol. The van der Waals surface area contributed by atoms with Gasteiger partial charge >= 0.3 is 0 Å². The Labute approximate surface area is 163 Å². The highest BCUT2D eigenvalue weighted by molar-refractivity contribution is 7.80. The first-order valence-electron chi connectivity index (χ1n) is 8.59. The molecule has 0 saturated carbocycles. The number of carbonyl (C=O) groups is 1. The zero-order chi connectivity index (χ0) is 18.9. The molecule has 3 aromatic rings. The van der Waals surface area contributed by atoms with Crippen LogP contribution >= 0.6 is 12.2 Å². The Kier molecular flexibility index (Phi) is 6.60. The minimum absolute atomic E-state index is 0.232. The number of carbonyl (C=O) groups excluding carboxylic acids is 1. The van der Waals surface area contributed by atoms with Crippen molar-refractivity contribution >= 4 is 23.2 Å². The van der Waals surface area contributed by atoms with Gasteiger partial charge in [-0.05, 0) is 42.0 Å². The van der Waals surface area contributed by atoms with Gasteiger partial charge < -0.3 is 14.5 Å². The number of furan rings is 1. The molecule has 138 valence electrons. The summed E-state index contributed by atoms with van der Waals surface area (Å²) in [6.45, 7) is 0.886. The van der Waals surface area contributed by atoms with Gasteiger partial charge in [0.15, 0.2) is 5.11 Å². The number of nitrogens with one attached hydrogen (secondary N) is 2. The molecule has 0 radical (unpaired) electrons. The lowest BCUT2D eigenvalue weighted by molar-refractivity contribution is 0.0972. The van der Waals surface area contributed by atoms with Gasteiger partial charge in [0.05, 0.1) is 25.0 Å². The summed E-state index contributed by atoms with van der Waals surface area (Å²) in [5.41, 5.74) is 1.62. The van der Waals surface area contributed by atoms with Crippen LogP contribution in [0.5, 0.6) is 5.75 Å². The lowest BCUT2D eigenvalue weighted by atomic mass is 10.1. The number of para-hydroxylation sites is 1. The van der Waals surface area contributed by atoms with Gasteiger partial charge in [0, 0.05) is 6.42 Å². The summed E-state index contributed by atoms with van der Waals surface area (Å²) in [7, 11) is 0. The molecule has 0 spiro atoms. The van der Waals surface area contributed by atoms with E-state index in [-0.39, 0.29) is 11.0 Å². The van der Waals surface area contributed by atoms with Crippen molar-refractivity contribution in [2.75, 3.05) is 6.61 Å². The Balaban J connectivity index is 1.54. The summed E-state index contributed by atoms with van der Waals surface area (Å²) in [6.07, 6.45) is 2.35. The van der Waals surface area contributed by atoms with Crippen molar-refractivity contribution in [3.63, 3.8) is 0 Å². The smallest absolute Gasteiger partial charge is 0.261 e. The number of hydrogen-bond acceptors (Lipinski definition) is 4. The van der Waals surface area contributed by atoms with Crippen LogP contribution in [-0.2, 0) is 13.0 Å². The second kappa shape index (κ2) is 9.54. The SMILES string of the molecule is O=C(NC(=S)NCc1ccco1)c1ccccc1OCCc1ccccc1. The van der Waals surface area contributed by atoms with Crippen molar-refractivity contribution in [2.45, 2.75) is 13.0 Å². The number of amides is 1. The molecule has 1 amide bonds. The standard InChI is InChI=1S/C21H20N2O3S/c24-20(23-21(27)22-15-17-9-6-13-25-17)18-10-4-5-11-19(18)26-14-12-16-7-2-1-3-8-16/h1-11,13H,12,14-15H2,(H2,22,23,24,27). The maximum Gasteiger partial charge on any atom is 0.261 e. The third-order valence-corrected chi connectivity index (χ3v) is 4.10. The van der Waals surface area contributed by atoms with Crippen LogP contribution < -0.4 is 15.4 Å². The molecule has 0 saturated heterocycles. The van der Waals surface area contributed by atoms with Crippen LogP contribution in [0.4, 0.5) is 0 Å². The molecule has 2 aromatic carbocycles. The van der Waals surface area contributed by atoms with Crippen LogP contribution in [0.3, 0.4) is 0 Å². The summed E-state index contributed by atoms with van der Waals surface area (Å²) < 4.78 is 11.0. The lowest BCUT2D eigenvalue weighted by Crippen LogP contribution is -2.38. The summed E-state index contributed by atoms with van der Waals surface area (Å²) in [5, 5.41) is 5.83. The van der Waals surface area contributed by atoms with E-state index in [1.165, 1.54) is 5.56 Å². The fourth-order valence-electron chi connectivity index (χ4n) is 2.50. The van der Waals surface area contributed by atoms with Gasteiger partial charge in [-0.15, -0.1) is 0 Å². The van der Waals surface area contributed by atoms with Crippen molar-refractivity contribution in [3.8, 4) is 5.75 Å².